The van der Waals surface area contributed by atoms with Crippen LogP contribution in [0.4, 0.5) is 0 Å². The first-order chi connectivity index (χ1) is 9.62. The van der Waals surface area contributed by atoms with E-state index in [1.807, 2.05) is 23.7 Å². The van der Waals surface area contributed by atoms with Crippen LogP contribution in [0.1, 0.15) is 36.4 Å². The average molecular weight is 313 g/mol. The van der Waals surface area contributed by atoms with Gasteiger partial charge in [-0.1, -0.05) is 49.2 Å². The minimum absolute atomic E-state index is 0.0234. The largest absolute Gasteiger partial charge is 0.392 e. The third-order valence-corrected chi connectivity index (χ3v) is 4.29. The van der Waals surface area contributed by atoms with E-state index >= 15 is 0 Å². The predicted octanol–water partition coefficient (Wildman–Crippen LogP) is 3.86. The zero-order valence-electron chi connectivity index (χ0n) is 11.7. The highest BCUT2D eigenvalue weighted by molar-refractivity contribution is 6.42. The summed E-state index contributed by atoms with van der Waals surface area (Å²) in [6, 6.07) is 5.60. The molecule has 0 aliphatic rings. The highest BCUT2D eigenvalue weighted by Crippen LogP contribution is 2.27. The molecule has 0 radical (unpaired) electrons. The van der Waals surface area contributed by atoms with Crippen molar-refractivity contribution in [2.45, 2.75) is 39.8 Å². The van der Waals surface area contributed by atoms with E-state index in [1.165, 1.54) is 0 Å². The van der Waals surface area contributed by atoms with E-state index in [4.69, 9.17) is 23.2 Å². The molecular weight excluding hydrogens is 295 g/mol. The SMILES string of the molecule is CCc1nn(Cc2cccc(Cl)c2Cl)c(CC)c1CO. The second-order valence-corrected chi connectivity index (χ2v) is 5.39. The maximum Gasteiger partial charge on any atom is 0.0718 e. The predicted molar refractivity (Wildman–Crippen MR) is 82.5 cm³/mol. The molecule has 20 heavy (non-hydrogen) atoms. The van der Waals surface area contributed by atoms with Crippen molar-refractivity contribution < 1.29 is 5.11 Å². The molecule has 0 amide bonds. The Kier molecular flexibility index (Phi) is 5.08. The van der Waals surface area contributed by atoms with Gasteiger partial charge in [0.25, 0.3) is 0 Å². The van der Waals surface area contributed by atoms with E-state index < -0.39 is 0 Å². The van der Waals surface area contributed by atoms with Crippen molar-refractivity contribution in [3.63, 3.8) is 0 Å². The monoisotopic (exact) mass is 312 g/mol. The third kappa shape index (κ3) is 2.85. The van der Waals surface area contributed by atoms with Crippen molar-refractivity contribution in [3.05, 3.63) is 50.8 Å². The standard InChI is InChI=1S/C15H18Cl2N2O/c1-3-13-11(9-20)14(4-2)19(18-13)8-10-6-5-7-12(16)15(10)17/h5-7,20H,3-4,8-9H2,1-2H3. The van der Waals surface area contributed by atoms with Crippen molar-refractivity contribution in [2.24, 2.45) is 0 Å². The quantitative estimate of drug-likeness (QED) is 0.910. The van der Waals surface area contributed by atoms with Gasteiger partial charge in [0.05, 0.1) is 28.9 Å². The Morgan fingerprint density at radius 1 is 1.20 bits per heavy atom. The van der Waals surface area contributed by atoms with Crippen LogP contribution in [-0.4, -0.2) is 14.9 Å². The minimum atomic E-state index is 0.0234. The van der Waals surface area contributed by atoms with E-state index in [0.29, 0.717) is 16.6 Å². The van der Waals surface area contributed by atoms with E-state index in [2.05, 4.69) is 12.0 Å². The van der Waals surface area contributed by atoms with Crippen molar-refractivity contribution >= 4 is 23.2 Å². The minimum Gasteiger partial charge on any atom is -0.392 e. The summed E-state index contributed by atoms with van der Waals surface area (Å²) in [6.07, 6.45) is 1.63. The van der Waals surface area contributed by atoms with Gasteiger partial charge in [-0.15, -0.1) is 0 Å². The topological polar surface area (TPSA) is 38.0 Å². The lowest BCUT2D eigenvalue weighted by molar-refractivity contribution is 0.279. The van der Waals surface area contributed by atoms with Crippen LogP contribution in [0.25, 0.3) is 0 Å². The van der Waals surface area contributed by atoms with Gasteiger partial charge in [-0.05, 0) is 24.5 Å². The Balaban J connectivity index is 2.43. The molecule has 1 aromatic carbocycles. The van der Waals surface area contributed by atoms with Crippen LogP contribution in [0.5, 0.6) is 0 Å². The first-order valence-electron chi connectivity index (χ1n) is 6.73. The molecule has 2 rings (SSSR count). The van der Waals surface area contributed by atoms with Gasteiger partial charge < -0.3 is 5.11 Å². The van der Waals surface area contributed by atoms with Crippen LogP contribution in [0.3, 0.4) is 0 Å². The van der Waals surface area contributed by atoms with Crippen LogP contribution in [0.2, 0.25) is 10.0 Å². The zero-order valence-corrected chi connectivity index (χ0v) is 13.2. The van der Waals surface area contributed by atoms with Gasteiger partial charge in [-0.2, -0.15) is 5.10 Å². The van der Waals surface area contributed by atoms with E-state index in [-0.39, 0.29) is 6.61 Å². The van der Waals surface area contributed by atoms with Gasteiger partial charge >= 0.3 is 0 Å². The van der Waals surface area contributed by atoms with Crippen molar-refractivity contribution in [1.29, 1.82) is 0 Å². The summed E-state index contributed by atoms with van der Waals surface area (Å²) in [4.78, 5) is 0. The molecular formula is C15H18Cl2N2O. The number of hydrogen-bond acceptors (Lipinski definition) is 2. The Morgan fingerprint density at radius 3 is 2.55 bits per heavy atom. The lowest BCUT2D eigenvalue weighted by atomic mass is 10.1. The molecule has 2 aromatic rings. The molecule has 1 aromatic heterocycles. The van der Waals surface area contributed by atoms with Gasteiger partial charge in [0.1, 0.15) is 0 Å². The second-order valence-electron chi connectivity index (χ2n) is 4.61. The van der Waals surface area contributed by atoms with Crippen LogP contribution in [-0.2, 0) is 26.0 Å². The highest BCUT2D eigenvalue weighted by atomic mass is 35.5. The summed E-state index contributed by atoms with van der Waals surface area (Å²) in [7, 11) is 0. The molecule has 1 heterocycles. The number of halogens is 2. The van der Waals surface area contributed by atoms with Crippen molar-refractivity contribution in [2.75, 3.05) is 0 Å². The van der Waals surface area contributed by atoms with Crippen LogP contribution in [0.15, 0.2) is 18.2 Å². The molecule has 0 atom stereocenters. The third-order valence-electron chi connectivity index (χ3n) is 3.43. The zero-order chi connectivity index (χ0) is 14.7. The van der Waals surface area contributed by atoms with Gasteiger partial charge in [0, 0.05) is 11.3 Å². The van der Waals surface area contributed by atoms with Gasteiger partial charge in [0.2, 0.25) is 0 Å². The number of rotatable bonds is 5. The number of aromatic nitrogens is 2. The normalized spacial score (nSPS) is 11.1. The molecule has 0 saturated carbocycles. The summed E-state index contributed by atoms with van der Waals surface area (Å²) < 4.78 is 1.92. The van der Waals surface area contributed by atoms with Crippen LogP contribution >= 0.6 is 23.2 Å². The molecule has 0 fully saturated rings. The molecule has 0 aliphatic carbocycles. The maximum absolute atomic E-state index is 9.54. The summed E-state index contributed by atoms with van der Waals surface area (Å²) in [5.41, 5.74) is 3.87. The fraction of sp³-hybridized carbons (Fsp3) is 0.400. The van der Waals surface area contributed by atoms with E-state index in [0.717, 1.165) is 35.4 Å². The Morgan fingerprint density at radius 2 is 1.95 bits per heavy atom. The summed E-state index contributed by atoms with van der Waals surface area (Å²) >= 11 is 12.3. The number of benzene rings is 1. The molecule has 0 unspecified atom stereocenters. The molecule has 1 N–H and O–H groups in total. The lowest BCUT2D eigenvalue weighted by Gasteiger charge is -2.09. The molecule has 3 nitrogen and oxygen atoms in total. The van der Waals surface area contributed by atoms with E-state index in [9.17, 15) is 5.11 Å². The van der Waals surface area contributed by atoms with Crippen LogP contribution in [0, 0.1) is 0 Å². The molecule has 0 saturated heterocycles. The number of hydrogen-bond donors (Lipinski definition) is 1. The fourth-order valence-corrected chi connectivity index (χ4v) is 2.79. The average Bonchev–Trinajstić information content (AvgIpc) is 2.80. The first kappa shape index (κ1) is 15.4. The van der Waals surface area contributed by atoms with Gasteiger partial charge in [0.15, 0.2) is 0 Å². The second kappa shape index (κ2) is 6.61. The number of aliphatic hydroxyl groups is 1. The molecule has 0 aliphatic heterocycles. The van der Waals surface area contributed by atoms with Crippen LogP contribution < -0.4 is 0 Å². The Hall–Kier alpha value is -1.03. The van der Waals surface area contributed by atoms with Crippen molar-refractivity contribution in [1.82, 2.24) is 9.78 Å². The van der Waals surface area contributed by atoms with Crippen molar-refractivity contribution in [3.8, 4) is 0 Å². The summed E-state index contributed by atoms with van der Waals surface area (Å²) in [5.74, 6) is 0. The number of aryl methyl sites for hydroxylation is 1. The summed E-state index contributed by atoms with van der Waals surface area (Å²) in [6.45, 7) is 4.69. The summed E-state index contributed by atoms with van der Waals surface area (Å²) in [5, 5.41) is 15.2. The number of aliphatic hydroxyl groups excluding tert-OH is 1. The molecule has 0 bridgehead atoms. The molecule has 0 spiro atoms. The maximum atomic E-state index is 9.54. The molecule has 108 valence electrons. The lowest BCUT2D eigenvalue weighted by Crippen LogP contribution is -2.07. The molecule has 5 heteroatoms. The fourth-order valence-electron chi connectivity index (χ4n) is 2.41. The smallest absolute Gasteiger partial charge is 0.0718 e. The Bertz CT molecular complexity index is 608. The number of nitrogens with zero attached hydrogens (tertiary/aromatic N) is 2. The van der Waals surface area contributed by atoms with Gasteiger partial charge in [-0.25, -0.2) is 0 Å². The first-order valence-corrected chi connectivity index (χ1v) is 7.49. The Labute approximate surface area is 129 Å². The van der Waals surface area contributed by atoms with E-state index in [1.54, 1.807) is 6.07 Å². The highest BCUT2D eigenvalue weighted by Gasteiger charge is 2.16. The van der Waals surface area contributed by atoms with Gasteiger partial charge in [-0.3, -0.25) is 4.68 Å².